The van der Waals surface area contributed by atoms with Crippen LogP contribution in [0.4, 0.5) is 4.79 Å². The molecule has 2 atom stereocenters. The average molecular weight is 286 g/mol. The molecule has 2 unspecified atom stereocenters. The number of amides is 2. The Bertz CT molecular complexity index is 385. The Hall–Kier alpha value is -1.79. The van der Waals surface area contributed by atoms with Gasteiger partial charge in [-0.05, 0) is 25.7 Å². The van der Waals surface area contributed by atoms with Crippen molar-refractivity contribution in [3.63, 3.8) is 0 Å². The molecule has 1 saturated heterocycles. The maximum absolute atomic E-state index is 12.4. The van der Waals surface area contributed by atoms with Crippen molar-refractivity contribution in [1.29, 1.82) is 0 Å². The van der Waals surface area contributed by atoms with Crippen molar-refractivity contribution in [3.8, 4) is 0 Å². The number of esters is 1. The summed E-state index contributed by atoms with van der Waals surface area (Å²) in [6.07, 6.45) is 1.21. The molecule has 0 aromatic heterocycles. The van der Waals surface area contributed by atoms with Crippen LogP contribution < -0.4 is 0 Å². The van der Waals surface area contributed by atoms with Gasteiger partial charge in [-0.1, -0.05) is 6.92 Å². The van der Waals surface area contributed by atoms with E-state index in [0.29, 0.717) is 19.5 Å². The van der Waals surface area contributed by atoms with Crippen molar-refractivity contribution in [1.82, 2.24) is 9.80 Å². The molecule has 1 N–H and O–H groups in total. The summed E-state index contributed by atoms with van der Waals surface area (Å²) in [6, 6.07) is -1.24. The van der Waals surface area contributed by atoms with Crippen LogP contribution >= 0.6 is 0 Å². The Morgan fingerprint density at radius 1 is 1.40 bits per heavy atom. The van der Waals surface area contributed by atoms with Crippen molar-refractivity contribution in [2.24, 2.45) is 5.92 Å². The smallest absolute Gasteiger partial charge is 0.326 e. The van der Waals surface area contributed by atoms with Gasteiger partial charge in [0.05, 0.1) is 7.11 Å². The van der Waals surface area contributed by atoms with Crippen LogP contribution in [-0.4, -0.2) is 65.7 Å². The molecule has 0 saturated carbocycles. The number of likely N-dealkylation sites (N-methyl/N-ethyl adjacent to an activating group) is 1. The third-order valence-electron chi connectivity index (χ3n) is 3.60. The van der Waals surface area contributed by atoms with Crippen LogP contribution in [-0.2, 0) is 14.3 Å². The number of aliphatic carboxylic acids is 1. The molecule has 1 heterocycles. The van der Waals surface area contributed by atoms with Crippen molar-refractivity contribution < 1.29 is 24.2 Å². The number of rotatable bonds is 4. The summed E-state index contributed by atoms with van der Waals surface area (Å²) in [4.78, 5) is 37.6. The lowest BCUT2D eigenvalue weighted by atomic mass is 9.92. The molecule has 0 aromatic rings. The number of hydrogen-bond donors (Lipinski definition) is 1. The predicted octanol–water partition coefficient (Wildman–Crippen LogP) is 0.786. The summed E-state index contributed by atoms with van der Waals surface area (Å²) in [7, 11) is 1.25. The molecule has 114 valence electrons. The summed E-state index contributed by atoms with van der Waals surface area (Å²) < 4.78 is 4.54. The zero-order chi connectivity index (χ0) is 15.3. The summed E-state index contributed by atoms with van der Waals surface area (Å²) in [5.74, 6) is -1.24. The number of piperidine rings is 1. The van der Waals surface area contributed by atoms with Crippen LogP contribution in [0.5, 0.6) is 0 Å². The minimum Gasteiger partial charge on any atom is -0.480 e. The lowest BCUT2D eigenvalue weighted by molar-refractivity contribution is -0.144. The van der Waals surface area contributed by atoms with Gasteiger partial charge in [0.1, 0.15) is 12.6 Å². The Kier molecular flexibility index (Phi) is 5.79. The van der Waals surface area contributed by atoms with Gasteiger partial charge in [0.15, 0.2) is 0 Å². The highest BCUT2D eigenvalue weighted by Gasteiger charge is 2.36. The number of methoxy groups -OCH3 is 1. The highest BCUT2D eigenvalue weighted by Crippen LogP contribution is 2.23. The van der Waals surface area contributed by atoms with E-state index in [2.05, 4.69) is 4.74 Å². The van der Waals surface area contributed by atoms with E-state index in [9.17, 15) is 19.5 Å². The molecule has 20 heavy (non-hydrogen) atoms. The third-order valence-corrected chi connectivity index (χ3v) is 3.60. The van der Waals surface area contributed by atoms with Crippen LogP contribution in [0, 0.1) is 5.92 Å². The summed E-state index contributed by atoms with van der Waals surface area (Å²) in [5.41, 5.74) is 0. The number of nitrogens with zero attached hydrogens (tertiary/aromatic N) is 2. The zero-order valence-electron chi connectivity index (χ0n) is 12.2. The Morgan fingerprint density at radius 2 is 2.05 bits per heavy atom. The van der Waals surface area contributed by atoms with E-state index in [1.54, 1.807) is 6.92 Å². The number of hydrogen-bond acceptors (Lipinski definition) is 4. The van der Waals surface area contributed by atoms with Crippen molar-refractivity contribution in [2.45, 2.75) is 32.7 Å². The van der Waals surface area contributed by atoms with Crippen LogP contribution in [0.2, 0.25) is 0 Å². The SMILES string of the molecule is CCN(CC(=O)OC)C(=O)N1CCC(C)CC1C(=O)O. The second kappa shape index (κ2) is 7.12. The maximum Gasteiger partial charge on any atom is 0.326 e. The summed E-state index contributed by atoms with van der Waals surface area (Å²) in [6.45, 7) is 4.28. The monoisotopic (exact) mass is 286 g/mol. The zero-order valence-corrected chi connectivity index (χ0v) is 12.2. The molecule has 7 nitrogen and oxygen atoms in total. The number of carbonyl (C=O) groups is 3. The highest BCUT2D eigenvalue weighted by atomic mass is 16.5. The van der Waals surface area contributed by atoms with E-state index in [1.165, 1.54) is 16.9 Å². The van der Waals surface area contributed by atoms with Crippen molar-refractivity contribution in [3.05, 3.63) is 0 Å². The Labute approximate surface area is 118 Å². The topological polar surface area (TPSA) is 87.2 Å². The summed E-state index contributed by atoms with van der Waals surface area (Å²) in [5, 5.41) is 9.25. The minimum absolute atomic E-state index is 0.162. The van der Waals surface area contributed by atoms with E-state index >= 15 is 0 Å². The lowest BCUT2D eigenvalue weighted by Gasteiger charge is -2.38. The Morgan fingerprint density at radius 3 is 2.55 bits per heavy atom. The fraction of sp³-hybridized carbons (Fsp3) is 0.769. The normalized spacial score (nSPS) is 22.2. The van der Waals surface area contributed by atoms with Gasteiger partial charge in [-0.2, -0.15) is 0 Å². The van der Waals surface area contributed by atoms with Gasteiger partial charge in [0, 0.05) is 13.1 Å². The van der Waals surface area contributed by atoms with Gasteiger partial charge in [-0.15, -0.1) is 0 Å². The van der Waals surface area contributed by atoms with Crippen LogP contribution in [0.25, 0.3) is 0 Å². The molecule has 1 aliphatic heterocycles. The van der Waals surface area contributed by atoms with Crippen LogP contribution in [0.1, 0.15) is 26.7 Å². The molecule has 0 radical (unpaired) electrons. The first-order valence-corrected chi connectivity index (χ1v) is 6.75. The number of ether oxygens (including phenoxy) is 1. The quantitative estimate of drug-likeness (QED) is 0.772. The summed E-state index contributed by atoms with van der Waals surface area (Å²) >= 11 is 0. The molecule has 2 amide bonds. The first-order valence-electron chi connectivity index (χ1n) is 6.75. The fourth-order valence-corrected chi connectivity index (χ4v) is 2.32. The standard InChI is InChI=1S/C13H22N2O5/c1-4-14(8-11(16)20-3)13(19)15-6-5-9(2)7-10(15)12(17)18/h9-10H,4-8H2,1-3H3,(H,17,18). The lowest BCUT2D eigenvalue weighted by Crippen LogP contribution is -2.55. The van der Waals surface area contributed by atoms with Gasteiger partial charge in [0.25, 0.3) is 0 Å². The number of carboxylic acid groups (broad SMARTS) is 1. The second-order valence-corrected chi connectivity index (χ2v) is 5.05. The van der Waals surface area contributed by atoms with Crippen molar-refractivity contribution in [2.75, 3.05) is 26.7 Å². The highest BCUT2D eigenvalue weighted by molar-refractivity contribution is 5.85. The second-order valence-electron chi connectivity index (χ2n) is 5.05. The maximum atomic E-state index is 12.4. The van der Waals surface area contributed by atoms with E-state index < -0.39 is 24.0 Å². The molecule has 0 spiro atoms. The van der Waals surface area contributed by atoms with E-state index in [1.807, 2.05) is 6.92 Å². The average Bonchev–Trinajstić information content (AvgIpc) is 2.43. The minimum atomic E-state index is -1.00. The van der Waals surface area contributed by atoms with Gasteiger partial charge in [-0.25, -0.2) is 9.59 Å². The van der Waals surface area contributed by atoms with Gasteiger partial charge in [-0.3, -0.25) is 4.79 Å². The molecule has 7 heteroatoms. The van der Waals surface area contributed by atoms with E-state index in [0.717, 1.165) is 6.42 Å². The fourth-order valence-electron chi connectivity index (χ4n) is 2.32. The first-order chi connectivity index (χ1) is 9.40. The van der Waals surface area contributed by atoms with Crippen LogP contribution in [0.3, 0.4) is 0 Å². The number of carboxylic acids is 1. The number of carbonyl (C=O) groups excluding carboxylic acids is 2. The number of urea groups is 1. The molecule has 0 aromatic carbocycles. The molecule has 0 aliphatic carbocycles. The molecule has 1 aliphatic rings. The number of likely N-dealkylation sites (tertiary alicyclic amines) is 1. The molecule has 0 bridgehead atoms. The van der Waals surface area contributed by atoms with E-state index in [-0.39, 0.29) is 12.5 Å². The van der Waals surface area contributed by atoms with Gasteiger partial charge < -0.3 is 19.6 Å². The molecular formula is C13H22N2O5. The Balaban J connectivity index is 2.81. The first kappa shape index (κ1) is 16.3. The van der Waals surface area contributed by atoms with Crippen molar-refractivity contribution >= 4 is 18.0 Å². The van der Waals surface area contributed by atoms with E-state index in [4.69, 9.17) is 0 Å². The molecule has 1 rings (SSSR count). The predicted molar refractivity (Wildman–Crippen MR) is 71.2 cm³/mol. The molecule has 1 fully saturated rings. The van der Waals surface area contributed by atoms with Gasteiger partial charge in [0.2, 0.25) is 0 Å². The largest absolute Gasteiger partial charge is 0.480 e. The third kappa shape index (κ3) is 3.85. The molecular weight excluding hydrogens is 264 g/mol. The van der Waals surface area contributed by atoms with Crippen LogP contribution in [0.15, 0.2) is 0 Å². The van der Waals surface area contributed by atoms with Gasteiger partial charge >= 0.3 is 18.0 Å².